The minimum atomic E-state index is -4.25. The molecule has 0 spiro atoms. The number of hydrogen-bond donors (Lipinski definition) is 0. The van der Waals surface area contributed by atoms with Crippen LogP contribution in [0.15, 0.2) is 0 Å². The quantitative estimate of drug-likeness (QED) is 0.293. The molecule has 0 heterocycles. The third-order valence-electron chi connectivity index (χ3n) is 0.287. The summed E-state index contributed by atoms with van der Waals surface area (Å²) in [4.78, 5) is 19.3. The molecule has 0 aromatic heterocycles. The molecule has 0 amide bonds. The van der Waals surface area contributed by atoms with Crippen LogP contribution in [-0.4, -0.2) is 5.75 Å². The van der Waals surface area contributed by atoms with Crippen molar-refractivity contribution in [2.45, 2.75) is 6.92 Å². The van der Waals surface area contributed by atoms with Gasteiger partial charge in [0.15, 0.2) is 0 Å². The SMILES string of the molecule is CCSP(=O)([O-])[O-].[Li+].[Li+]. The fraction of sp³-hybridized carbons (Fsp3) is 1.00. The zero-order valence-electron chi connectivity index (χ0n) is 5.79. The summed E-state index contributed by atoms with van der Waals surface area (Å²) in [5, 5.41) is 0. The van der Waals surface area contributed by atoms with E-state index in [2.05, 4.69) is 0 Å². The van der Waals surface area contributed by atoms with E-state index in [1.54, 1.807) is 6.92 Å². The van der Waals surface area contributed by atoms with Gasteiger partial charge in [-0.15, -0.1) is 11.4 Å². The first kappa shape index (κ1) is 17.0. The van der Waals surface area contributed by atoms with Gasteiger partial charge in [0.1, 0.15) is 0 Å². The third-order valence-corrected chi connectivity index (χ3v) is 2.58. The van der Waals surface area contributed by atoms with Gasteiger partial charge in [-0.2, -0.15) is 0 Å². The Morgan fingerprint density at radius 1 is 1.44 bits per heavy atom. The summed E-state index contributed by atoms with van der Waals surface area (Å²) in [5.41, 5.74) is 0. The Bertz CT molecular complexity index is 93.8. The van der Waals surface area contributed by atoms with Crippen molar-refractivity contribution in [1.82, 2.24) is 0 Å². The smallest absolute Gasteiger partial charge is 0.803 e. The summed E-state index contributed by atoms with van der Waals surface area (Å²) < 4.78 is 9.67. The van der Waals surface area contributed by atoms with Gasteiger partial charge in [0.05, 0.1) is 0 Å². The molecular formula is C2H5Li2O3PS. The van der Waals surface area contributed by atoms with Crippen molar-refractivity contribution in [1.29, 1.82) is 0 Å². The predicted molar refractivity (Wildman–Crippen MR) is 25.7 cm³/mol. The second-order valence-corrected chi connectivity index (χ2v) is 4.71. The molecule has 9 heavy (non-hydrogen) atoms. The molecule has 7 heteroatoms. The van der Waals surface area contributed by atoms with Crippen molar-refractivity contribution in [3.8, 4) is 0 Å². The van der Waals surface area contributed by atoms with Crippen molar-refractivity contribution in [2.75, 3.05) is 5.75 Å². The van der Waals surface area contributed by atoms with Crippen LogP contribution in [0.4, 0.5) is 0 Å². The molecule has 0 N–H and O–H groups in total. The molecule has 0 fully saturated rings. The van der Waals surface area contributed by atoms with Crippen LogP contribution in [0.3, 0.4) is 0 Å². The van der Waals surface area contributed by atoms with Crippen LogP contribution >= 0.6 is 18.2 Å². The third kappa shape index (κ3) is 17.7. The van der Waals surface area contributed by atoms with E-state index in [0.29, 0.717) is 17.1 Å². The van der Waals surface area contributed by atoms with Gasteiger partial charge in [-0.05, 0) is 12.6 Å². The summed E-state index contributed by atoms with van der Waals surface area (Å²) in [5.74, 6) is 0.338. The number of hydrogen-bond acceptors (Lipinski definition) is 4. The fourth-order valence-corrected chi connectivity index (χ4v) is 1.42. The first-order valence-corrected chi connectivity index (χ1v) is 4.86. The second kappa shape index (κ2) is 7.80. The molecule has 0 aromatic carbocycles. The molecule has 0 rings (SSSR count). The number of rotatable bonds is 2. The summed E-state index contributed by atoms with van der Waals surface area (Å²) in [6.45, 7) is -2.63. The van der Waals surface area contributed by atoms with Crippen LogP contribution in [0.2, 0.25) is 0 Å². The first-order chi connectivity index (χ1) is 3.06. The van der Waals surface area contributed by atoms with Gasteiger partial charge in [0.2, 0.25) is 0 Å². The average molecular weight is 154 g/mol. The maximum absolute atomic E-state index is 9.67. The standard InChI is InChI=1S/C2H7O3PS.2Li/c1-2-7-6(3,4)5;;/h2H2,1H3,(H2,3,4,5);;/q;2*+1/p-2. The minimum Gasteiger partial charge on any atom is -0.803 e. The Morgan fingerprint density at radius 2 is 1.78 bits per heavy atom. The van der Waals surface area contributed by atoms with Gasteiger partial charge in [0, 0.05) is 0 Å². The van der Waals surface area contributed by atoms with E-state index >= 15 is 0 Å². The Labute approximate surface area is 82.6 Å². The maximum atomic E-state index is 9.67. The molecule has 0 bridgehead atoms. The monoisotopic (exact) mass is 154 g/mol. The van der Waals surface area contributed by atoms with Crippen molar-refractivity contribution >= 4 is 18.2 Å². The van der Waals surface area contributed by atoms with Gasteiger partial charge in [-0.25, -0.2) is 0 Å². The molecular weight excluding hydrogens is 149 g/mol. The molecule has 3 nitrogen and oxygen atoms in total. The Morgan fingerprint density at radius 3 is 1.78 bits per heavy atom. The Balaban J connectivity index is -0.000000180. The minimum absolute atomic E-state index is 0. The summed E-state index contributed by atoms with van der Waals surface area (Å²) in [6, 6.07) is 0. The Kier molecular flexibility index (Phi) is 14.7. The zero-order chi connectivity index (χ0) is 5.91. The van der Waals surface area contributed by atoms with Gasteiger partial charge in [-0.1, -0.05) is 6.92 Å². The normalized spacial score (nSPS) is 9.22. The van der Waals surface area contributed by atoms with Gasteiger partial charge in [-0.3, -0.25) is 0 Å². The van der Waals surface area contributed by atoms with Crippen LogP contribution < -0.4 is 47.5 Å². The van der Waals surface area contributed by atoms with Crippen molar-refractivity contribution in [3.63, 3.8) is 0 Å². The molecule has 0 unspecified atom stereocenters. The fourth-order valence-electron chi connectivity index (χ4n) is 0.158. The topological polar surface area (TPSA) is 63.2 Å². The maximum Gasteiger partial charge on any atom is 1.00 e. The predicted octanol–water partition coefficient (Wildman–Crippen LogP) is -6.42. The van der Waals surface area contributed by atoms with E-state index in [9.17, 15) is 14.4 Å². The van der Waals surface area contributed by atoms with Gasteiger partial charge < -0.3 is 14.4 Å². The van der Waals surface area contributed by atoms with Crippen LogP contribution in [0, 0.1) is 0 Å². The zero-order valence-corrected chi connectivity index (χ0v) is 7.50. The molecule has 0 aliphatic rings. The molecule has 0 radical (unpaired) electrons. The van der Waals surface area contributed by atoms with Crippen LogP contribution in [0.5, 0.6) is 0 Å². The van der Waals surface area contributed by atoms with Crippen molar-refractivity contribution in [2.24, 2.45) is 0 Å². The summed E-state index contributed by atoms with van der Waals surface area (Å²) in [7, 11) is 0. The van der Waals surface area contributed by atoms with Crippen LogP contribution in [-0.2, 0) is 4.57 Å². The van der Waals surface area contributed by atoms with Crippen molar-refractivity contribution < 1.29 is 52.1 Å². The van der Waals surface area contributed by atoms with Crippen molar-refractivity contribution in [3.05, 3.63) is 0 Å². The van der Waals surface area contributed by atoms with E-state index in [0.717, 1.165) is 0 Å². The molecule has 0 aromatic rings. The van der Waals surface area contributed by atoms with E-state index in [1.165, 1.54) is 0 Å². The van der Waals surface area contributed by atoms with E-state index in [4.69, 9.17) is 0 Å². The second-order valence-electron chi connectivity index (χ2n) is 0.865. The van der Waals surface area contributed by atoms with Gasteiger partial charge >= 0.3 is 37.7 Å². The van der Waals surface area contributed by atoms with Crippen LogP contribution in [0.1, 0.15) is 6.92 Å². The summed E-state index contributed by atoms with van der Waals surface area (Å²) in [6.07, 6.45) is 0. The molecule has 44 valence electrons. The molecule has 0 aliphatic heterocycles. The summed E-state index contributed by atoms with van der Waals surface area (Å²) >= 11 is 0.433. The molecule has 0 saturated heterocycles. The molecule has 0 aliphatic carbocycles. The molecule has 0 atom stereocenters. The molecule has 0 saturated carbocycles. The van der Waals surface area contributed by atoms with E-state index < -0.39 is 6.80 Å². The van der Waals surface area contributed by atoms with E-state index in [-0.39, 0.29) is 37.7 Å². The van der Waals surface area contributed by atoms with Gasteiger partial charge in [0.25, 0.3) is 0 Å². The first-order valence-electron chi connectivity index (χ1n) is 1.73. The Hall–Kier alpha value is 1.69. The average Bonchev–Trinajstić information content (AvgIpc) is 1.30. The van der Waals surface area contributed by atoms with E-state index in [1.807, 2.05) is 0 Å². The largest absolute Gasteiger partial charge is 1.00 e. The van der Waals surface area contributed by atoms with Crippen LogP contribution in [0.25, 0.3) is 0 Å².